The molecule has 2 rings (SSSR count). The van der Waals surface area contributed by atoms with Crippen LogP contribution in [0.1, 0.15) is 16.9 Å². The van der Waals surface area contributed by atoms with Crippen LogP contribution in [0.5, 0.6) is 0 Å². The molecule has 76 valence electrons. The average molecular weight is 258 g/mol. The number of nitrogens with two attached hydrogens (primary N) is 1. The summed E-state index contributed by atoms with van der Waals surface area (Å²) in [5.41, 5.74) is 6.35. The van der Waals surface area contributed by atoms with E-state index in [1.807, 2.05) is 0 Å². The van der Waals surface area contributed by atoms with Crippen LogP contribution in [0.3, 0.4) is 0 Å². The van der Waals surface area contributed by atoms with Gasteiger partial charge in [0.2, 0.25) is 0 Å². The summed E-state index contributed by atoms with van der Waals surface area (Å²) in [6.45, 7) is 1.42. The maximum Gasteiger partial charge on any atom is 0.270 e. The van der Waals surface area contributed by atoms with E-state index in [1.165, 1.54) is 0 Å². The molecule has 1 fully saturated rings. The molecule has 3 N–H and O–H groups in total. The number of nitrogens with zero attached hydrogens (tertiary/aromatic N) is 1. The highest BCUT2D eigenvalue weighted by Gasteiger charge is 2.25. The summed E-state index contributed by atoms with van der Waals surface area (Å²) in [5, 5.41) is 0. The van der Waals surface area contributed by atoms with E-state index < -0.39 is 0 Å². The van der Waals surface area contributed by atoms with Gasteiger partial charge in [0.15, 0.2) is 0 Å². The van der Waals surface area contributed by atoms with Crippen molar-refractivity contribution in [2.24, 2.45) is 5.73 Å². The third-order valence-electron chi connectivity index (χ3n) is 2.39. The van der Waals surface area contributed by atoms with Gasteiger partial charge in [-0.3, -0.25) is 4.79 Å². The molecule has 0 radical (unpaired) electrons. The summed E-state index contributed by atoms with van der Waals surface area (Å²) in [6, 6.07) is 1.92. The highest BCUT2D eigenvalue weighted by molar-refractivity contribution is 9.10. The van der Waals surface area contributed by atoms with Gasteiger partial charge in [-0.1, -0.05) is 0 Å². The van der Waals surface area contributed by atoms with Crippen LogP contribution in [0.25, 0.3) is 0 Å². The zero-order valence-electron chi connectivity index (χ0n) is 7.66. The van der Waals surface area contributed by atoms with Gasteiger partial charge in [-0.05, 0) is 28.4 Å². The molecule has 1 saturated heterocycles. The number of amides is 1. The van der Waals surface area contributed by atoms with E-state index >= 15 is 0 Å². The van der Waals surface area contributed by atoms with E-state index in [1.54, 1.807) is 17.2 Å². The number of likely N-dealkylation sites (tertiary alicyclic amines) is 1. The van der Waals surface area contributed by atoms with Crippen molar-refractivity contribution in [1.29, 1.82) is 0 Å². The first kappa shape index (κ1) is 9.73. The summed E-state index contributed by atoms with van der Waals surface area (Å²) in [4.78, 5) is 16.5. The van der Waals surface area contributed by atoms with Gasteiger partial charge < -0.3 is 15.6 Å². The first-order valence-electron chi connectivity index (χ1n) is 4.55. The van der Waals surface area contributed by atoms with Crippen molar-refractivity contribution in [2.75, 3.05) is 13.1 Å². The van der Waals surface area contributed by atoms with Crippen molar-refractivity contribution in [2.45, 2.75) is 12.5 Å². The standard InChI is InChI=1S/C9H12BrN3O/c10-6-3-8(12-4-6)9(14)13-2-1-7(11)5-13/h3-4,7,12H,1-2,5,11H2/t7-/m0/s1. The lowest BCUT2D eigenvalue weighted by atomic mass is 10.3. The Bertz CT molecular complexity index is 350. The third-order valence-corrected chi connectivity index (χ3v) is 2.85. The molecular formula is C9H12BrN3O. The normalized spacial score (nSPS) is 21.6. The predicted molar refractivity (Wildman–Crippen MR) is 57.0 cm³/mol. The summed E-state index contributed by atoms with van der Waals surface area (Å²) in [6.07, 6.45) is 2.65. The first-order valence-corrected chi connectivity index (χ1v) is 5.35. The van der Waals surface area contributed by atoms with Crippen LogP contribution in [0.4, 0.5) is 0 Å². The Morgan fingerprint density at radius 3 is 3.00 bits per heavy atom. The number of halogens is 1. The lowest BCUT2D eigenvalue weighted by Crippen LogP contribution is -2.32. The number of carbonyl (C=O) groups excluding carboxylic acids is 1. The maximum absolute atomic E-state index is 11.8. The van der Waals surface area contributed by atoms with E-state index in [0.29, 0.717) is 12.2 Å². The second kappa shape index (κ2) is 3.74. The SMILES string of the molecule is N[C@H]1CCN(C(=O)c2cc(Br)c[nH]2)C1. The fourth-order valence-electron chi connectivity index (χ4n) is 1.63. The Kier molecular flexibility index (Phi) is 2.60. The van der Waals surface area contributed by atoms with Crippen LogP contribution in [0.15, 0.2) is 16.7 Å². The molecule has 0 unspecified atom stereocenters. The highest BCUT2D eigenvalue weighted by Crippen LogP contribution is 2.15. The summed E-state index contributed by atoms with van der Waals surface area (Å²) < 4.78 is 0.893. The Morgan fingerprint density at radius 2 is 2.50 bits per heavy atom. The van der Waals surface area contributed by atoms with Crippen molar-refractivity contribution >= 4 is 21.8 Å². The number of nitrogens with one attached hydrogen (secondary N) is 1. The third kappa shape index (κ3) is 1.83. The van der Waals surface area contributed by atoms with Crippen LogP contribution in [0.2, 0.25) is 0 Å². The number of carbonyl (C=O) groups is 1. The molecule has 0 bridgehead atoms. The van der Waals surface area contributed by atoms with Crippen LogP contribution in [0, 0.1) is 0 Å². The Labute approximate surface area is 90.6 Å². The molecule has 0 spiro atoms. The number of aromatic nitrogens is 1. The number of aromatic amines is 1. The summed E-state index contributed by atoms with van der Waals surface area (Å²) >= 11 is 3.29. The van der Waals surface area contributed by atoms with Gasteiger partial charge in [0.25, 0.3) is 5.91 Å². The molecule has 1 amide bonds. The molecule has 1 aliphatic heterocycles. The van der Waals surface area contributed by atoms with Gasteiger partial charge >= 0.3 is 0 Å². The van der Waals surface area contributed by atoms with Crippen molar-refractivity contribution in [3.63, 3.8) is 0 Å². The molecule has 0 saturated carbocycles. The largest absolute Gasteiger partial charge is 0.356 e. The van der Waals surface area contributed by atoms with Crippen molar-refractivity contribution in [3.05, 3.63) is 22.4 Å². The molecular weight excluding hydrogens is 246 g/mol. The van der Waals surface area contributed by atoms with Crippen LogP contribution in [-0.2, 0) is 0 Å². The second-order valence-corrected chi connectivity index (χ2v) is 4.45. The molecule has 2 heterocycles. The first-order chi connectivity index (χ1) is 6.66. The van der Waals surface area contributed by atoms with E-state index in [2.05, 4.69) is 20.9 Å². The zero-order valence-corrected chi connectivity index (χ0v) is 9.25. The second-order valence-electron chi connectivity index (χ2n) is 3.53. The van der Waals surface area contributed by atoms with Crippen molar-refractivity contribution < 1.29 is 4.79 Å². The van der Waals surface area contributed by atoms with Gasteiger partial charge in [0, 0.05) is 29.8 Å². The zero-order chi connectivity index (χ0) is 10.1. The lowest BCUT2D eigenvalue weighted by Gasteiger charge is -2.14. The monoisotopic (exact) mass is 257 g/mol. The van der Waals surface area contributed by atoms with Gasteiger partial charge in [-0.25, -0.2) is 0 Å². The predicted octanol–water partition coefficient (Wildman–Crippen LogP) is 0.950. The Balaban J connectivity index is 2.09. The summed E-state index contributed by atoms with van der Waals surface area (Å²) in [7, 11) is 0. The minimum atomic E-state index is 0.0312. The van der Waals surface area contributed by atoms with Gasteiger partial charge in [0.1, 0.15) is 5.69 Å². The molecule has 1 aliphatic rings. The topological polar surface area (TPSA) is 62.1 Å². The maximum atomic E-state index is 11.8. The highest BCUT2D eigenvalue weighted by atomic mass is 79.9. The van der Waals surface area contributed by atoms with E-state index in [0.717, 1.165) is 17.4 Å². The number of hydrogen-bond donors (Lipinski definition) is 2. The Morgan fingerprint density at radius 1 is 1.71 bits per heavy atom. The van der Waals surface area contributed by atoms with Gasteiger partial charge in [0.05, 0.1) is 0 Å². The minimum absolute atomic E-state index is 0.0312. The van der Waals surface area contributed by atoms with Gasteiger partial charge in [-0.15, -0.1) is 0 Å². The molecule has 0 aliphatic carbocycles. The molecule has 0 aromatic carbocycles. The van der Waals surface area contributed by atoms with E-state index in [-0.39, 0.29) is 11.9 Å². The smallest absolute Gasteiger partial charge is 0.270 e. The molecule has 4 nitrogen and oxygen atoms in total. The van der Waals surface area contributed by atoms with Gasteiger partial charge in [-0.2, -0.15) is 0 Å². The van der Waals surface area contributed by atoms with Crippen LogP contribution >= 0.6 is 15.9 Å². The lowest BCUT2D eigenvalue weighted by molar-refractivity contribution is 0.0786. The molecule has 1 aromatic rings. The van der Waals surface area contributed by atoms with E-state index in [4.69, 9.17) is 5.73 Å². The average Bonchev–Trinajstić information content (AvgIpc) is 2.73. The van der Waals surface area contributed by atoms with Crippen molar-refractivity contribution in [1.82, 2.24) is 9.88 Å². The fourth-order valence-corrected chi connectivity index (χ4v) is 1.98. The van der Waals surface area contributed by atoms with E-state index in [9.17, 15) is 4.79 Å². The minimum Gasteiger partial charge on any atom is -0.356 e. The molecule has 1 aromatic heterocycles. The quantitative estimate of drug-likeness (QED) is 0.787. The fraction of sp³-hybridized carbons (Fsp3) is 0.444. The van der Waals surface area contributed by atoms with Crippen molar-refractivity contribution in [3.8, 4) is 0 Å². The molecule has 1 atom stereocenters. The molecule has 14 heavy (non-hydrogen) atoms. The summed E-state index contributed by atoms with van der Waals surface area (Å²) in [5.74, 6) is 0.0312. The van der Waals surface area contributed by atoms with Crippen LogP contribution < -0.4 is 5.73 Å². The molecule has 5 heteroatoms. The number of hydrogen-bond acceptors (Lipinski definition) is 2. The Hall–Kier alpha value is -0.810. The van der Waals surface area contributed by atoms with Crippen LogP contribution in [-0.4, -0.2) is 34.9 Å². The number of H-pyrrole nitrogens is 1. The number of rotatable bonds is 1.